The number of amides is 2. The lowest BCUT2D eigenvalue weighted by Crippen LogP contribution is -2.38. The monoisotopic (exact) mass is 242 g/mol. The number of aliphatic carboxylic acids is 1. The molecule has 6 heteroatoms. The minimum atomic E-state index is -0.965. The molecular weight excluding hydrogens is 224 g/mol. The molecule has 6 nitrogen and oxygen atoms in total. The van der Waals surface area contributed by atoms with Crippen LogP contribution in [0.3, 0.4) is 0 Å². The van der Waals surface area contributed by atoms with Gasteiger partial charge < -0.3 is 15.7 Å². The molecule has 2 atom stereocenters. The second kappa shape index (κ2) is 4.73. The van der Waals surface area contributed by atoms with Crippen molar-refractivity contribution in [2.45, 2.75) is 20.8 Å². The molecule has 3 N–H and O–H groups in total. The van der Waals surface area contributed by atoms with Gasteiger partial charge in [-0.05, 0) is 12.3 Å². The van der Waals surface area contributed by atoms with Crippen molar-refractivity contribution in [1.29, 1.82) is 0 Å². The van der Waals surface area contributed by atoms with Crippen LogP contribution in [0.5, 0.6) is 0 Å². The van der Waals surface area contributed by atoms with Crippen LogP contribution in [0.25, 0.3) is 0 Å². The van der Waals surface area contributed by atoms with Gasteiger partial charge in [0.2, 0.25) is 11.8 Å². The predicted molar refractivity (Wildman–Crippen MR) is 60.1 cm³/mol. The molecule has 0 aromatic heterocycles. The fourth-order valence-electron chi connectivity index (χ4n) is 2.12. The van der Waals surface area contributed by atoms with Crippen LogP contribution in [-0.2, 0) is 14.4 Å². The van der Waals surface area contributed by atoms with Gasteiger partial charge >= 0.3 is 5.97 Å². The first kappa shape index (κ1) is 13.5. The summed E-state index contributed by atoms with van der Waals surface area (Å²) in [7, 11) is 0. The molecule has 1 aliphatic rings. The molecule has 1 aliphatic carbocycles. The Morgan fingerprint density at radius 3 is 2.18 bits per heavy atom. The van der Waals surface area contributed by atoms with Crippen LogP contribution in [-0.4, -0.2) is 36.0 Å². The molecule has 96 valence electrons. The summed E-state index contributed by atoms with van der Waals surface area (Å²) in [5, 5.41) is 13.9. The molecule has 0 heterocycles. The number of hydrogen-bond donors (Lipinski definition) is 3. The van der Waals surface area contributed by atoms with Gasteiger partial charge in [0.1, 0.15) is 0 Å². The van der Waals surface area contributed by atoms with Crippen LogP contribution < -0.4 is 10.6 Å². The van der Waals surface area contributed by atoms with E-state index in [-0.39, 0.29) is 18.4 Å². The molecular formula is C11H18N2O4. The van der Waals surface area contributed by atoms with E-state index in [1.807, 2.05) is 0 Å². The smallest absolute Gasteiger partial charge is 0.307 e. The first-order valence-electron chi connectivity index (χ1n) is 5.59. The van der Waals surface area contributed by atoms with Gasteiger partial charge in [0.05, 0.1) is 18.4 Å². The van der Waals surface area contributed by atoms with Crippen LogP contribution in [0.2, 0.25) is 0 Å². The lowest BCUT2D eigenvalue weighted by atomic mass is 10.1. The number of carbonyl (C=O) groups is 3. The third-order valence-electron chi connectivity index (χ3n) is 3.17. The van der Waals surface area contributed by atoms with Crippen molar-refractivity contribution in [3.63, 3.8) is 0 Å². The zero-order valence-electron chi connectivity index (χ0n) is 10.2. The maximum Gasteiger partial charge on any atom is 0.307 e. The summed E-state index contributed by atoms with van der Waals surface area (Å²) in [6.45, 7) is 5.65. The highest BCUT2D eigenvalue weighted by Gasteiger charge is 2.65. The van der Waals surface area contributed by atoms with Gasteiger partial charge in [-0.3, -0.25) is 14.4 Å². The lowest BCUT2D eigenvalue weighted by molar-refractivity contribution is -0.140. The molecule has 0 saturated heterocycles. The number of carbonyl (C=O) groups excluding carboxylic acids is 2. The van der Waals surface area contributed by atoms with Crippen molar-refractivity contribution in [2.75, 3.05) is 13.1 Å². The van der Waals surface area contributed by atoms with Gasteiger partial charge in [0, 0.05) is 6.54 Å². The zero-order chi connectivity index (χ0) is 13.2. The van der Waals surface area contributed by atoms with Gasteiger partial charge in [-0.25, -0.2) is 0 Å². The summed E-state index contributed by atoms with van der Waals surface area (Å²) in [4.78, 5) is 33.7. The standard InChI is InChI=1S/C11H18N2O4/c1-4-12-6(14)5-13-9(15)7-8(10(16)17)11(7,2)3/h7-8H,4-5H2,1-3H3,(H,12,14)(H,13,15)(H,16,17). The summed E-state index contributed by atoms with van der Waals surface area (Å²) in [6, 6.07) is 0. The molecule has 17 heavy (non-hydrogen) atoms. The fourth-order valence-corrected chi connectivity index (χ4v) is 2.12. The Kier molecular flexibility index (Phi) is 3.75. The van der Waals surface area contributed by atoms with Crippen molar-refractivity contribution in [3.8, 4) is 0 Å². The van der Waals surface area contributed by atoms with E-state index in [1.54, 1.807) is 20.8 Å². The van der Waals surface area contributed by atoms with E-state index < -0.39 is 23.2 Å². The van der Waals surface area contributed by atoms with E-state index in [2.05, 4.69) is 10.6 Å². The fraction of sp³-hybridized carbons (Fsp3) is 0.727. The number of likely N-dealkylation sites (N-methyl/N-ethyl adjacent to an activating group) is 1. The third kappa shape index (κ3) is 2.75. The summed E-state index contributed by atoms with van der Waals surface area (Å²) in [5.74, 6) is -2.81. The van der Waals surface area contributed by atoms with Crippen LogP contribution in [0.15, 0.2) is 0 Å². The highest BCUT2D eigenvalue weighted by Crippen LogP contribution is 2.58. The Bertz CT molecular complexity index is 351. The molecule has 0 aromatic carbocycles. The van der Waals surface area contributed by atoms with Crippen molar-refractivity contribution < 1.29 is 19.5 Å². The normalized spacial score (nSPS) is 24.9. The molecule has 0 aliphatic heterocycles. The van der Waals surface area contributed by atoms with Crippen LogP contribution in [0, 0.1) is 17.3 Å². The highest BCUT2D eigenvalue weighted by atomic mass is 16.4. The molecule has 0 spiro atoms. The number of carboxylic acids is 1. The first-order chi connectivity index (χ1) is 7.82. The third-order valence-corrected chi connectivity index (χ3v) is 3.17. The van der Waals surface area contributed by atoms with E-state index in [0.717, 1.165) is 0 Å². The van der Waals surface area contributed by atoms with E-state index in [4.69, 9.17) is 5.11 Å². The Morgan fingerprint density at radius 1 is 1.18 bits per heavy atom. The second-order valence-electron chi connectivity index (χ2n) is 4.79. The topological polar surface area (TPSA) is 95.5 Å². The Labute approximate surface area is 99.8 Å². The van der Waals surface area contributed by atoms with Crippen molar-refractivity contribution in [2.24, 2.45) is 17.3 Å². The van der Waals surface area contributed by atoms with E-state index in [1.165, 1.54) is 0 Å². The lowest BCUT2D eigenvalue weighted by Gasteiger charge is -2.05. The van der Waals surface area contributed by atoms with E-state index >= 15 is 0 Å². The molecule has 1 rings (SSSR count). The largest absolute Gasteiger partial charge is 0.481 e. The Hall–Kier alpha value is -1.59. The van der Waals surface area contributed by atoms with Gasteiger partial charge in [0.25, 0.3) is 0 Å². The SMILES string of the molecule is CCNC(=O)CNC(=O)C1C(C(=O)O)C1(C)C. The number of hydrogen-bond acceptors (Lipinski definition) is 3. The van der Waals surface area contributed by atoms with Crippen molar-refractivity contribution in [1.82, 2.24) is 10.6 Å². The maximum atomic E-state index is 11.7. The number of nitrogens with one attached hydrogen (secondary N) is 2. The zero-order valence-corrected chi connectivity index (χ0v) is 10.2. The quantitative estimate of drug-likeness (QED) is 0.611. The predicted octanol–water partition coefficient (Wildman–Crippen LogP) is -0.404. The molecule has 0 aromatic rings. The van der Waals surface area contributed by atoms with Crippen LogP contribution in [0.1, 0.15) is 20.8 Å². The van der Waals surface area contributed by atoms with Crippen LogP contribution in [0.4, 0.5) is 0 Å². The van der Waals surface area contributed by atoms with Gasteiger partial charge in [-0.2, -0.15) is 0 Å². The molecule has 2 amide bonds. The molecule has 2 unspecified atom stereocenters. The van der Waals surface area contributed by atoms with Gasteiger partial charge in [0.15, 0.2) is 0 Å². The summed E-state index contributed by atoms with van der Waals surface area (Å²) in [6.07, 6.45) is 0. The molecule has 1 fully saturated rings. The molecule has 0 radical (unpaired) electrons. The highest BCUT2D eigenvalue weighted by molar-refractivity contribution is 5.93. The average molecular weight is 242 g/mol. The second-order valence-corrected chi connectivity index (χ2v) is 4.79. The minimum Gasteiger partial charge on any atom is -0.481 e. The van der Waals surface area contributed by atoms with Gasteiger partial charge in [-0.15, -0.1) is 0 Å². The Balaban J connectivity index is 2.45. The van der Waals surface area contributed by atoms with E-state index in [0.29, 0.717) is 6.54 Å². The van der Waals surface area contributed by atoms with Crippen molar-refractivity contribution in [3.05, 3.63) is 0 Å². The summed E-state index contributed by atoms with van der Waals surface area (Å²) < 4.78 is 0. The van der Waals surface area contributed by atoms with Crippen LogP contribution >= 0.6 is 0 Å². The summed E-state index contributed by atoms with van der Waals surface area (Å²) in [5.41, 5.74) is -0.531. The van der Waals surface area contributed by atoms with Gasteiger partial charge in [-0.1, -0.05) is 13.8 Å². The molecule has 0 bridgehead atoms. The van der Waals surface area contributed by atoms with Crippen molar-refractivity contribution >= 4 is 17.8 Å². The Morgan fingerprint density at radius 2 is 1.76 bits per heavy atom. The maximum absolute atomic E-state index is 11.7. The first-order valence-corrected chi connectivity index (χ1v) is 5.59. The van der Waals surface area contributed by atoms with E-state index in [9.17, 15) is 14.4 Å². The molecule has 1 saturated carbocycles. The number of rotatable bonds is 5. The summed E-state index contributed by atoms with van der Waals surface area (Å²) >= 11 is 0. The average Bonchev–Trinajstić information content (AvgIpc) is 2.79. The minimum absolute atomic E-state index is 0.106. The number of carboxylic acid groups (broad SMARTS) is 1.